The van der Waals surface area contributed by atoms with E-state index in [0.717, 1.165) is 0 Å². The molecule has 0 fully saturated rings. The number of aliphatic hydroxyl groups excluding tert-OH is 1. The van der Waals surface area contributed by atoms with E-state index in [1.54, 1.807) is 12.1 Å². The molecule has 0 radical (unpaired) electrons. The molecular formula is C9H7BrN2O4. The normalized spacial score (nSPS) is 10.6. The number of hydrogen-bond donors (Lipinski definition) is 3. The Morgan fingerprint density at radius 2 is 2.31 bits per heavy atom. The minimum atomic E-state index is -1.25. The van der Waals surface area contributed by atoms with Gasteiger partial charge in [0.15, 0.2) is 5.58 Å². The number of rotatable bonds is 2. The molecule has 0 atom stereocenters. The van der Waals surface area contributed by atoms with E-state index in [-0.39, 0.29) is 12.6 Å². The van der Waals surface area contributed by atoms with E-state index in [1.807, 2.05) is 5.32 Å². The molecule has 0 saturated heterocycles. The summed E-state index contributed by atoms with van der Waals surface area (Å²) >= 11 is 3.25. The maximum Gasteiger partial charge on any atom is 0.412 e. The van der Waals surface area contributed by atoms with Crippen LogP contribution in [-0.4, -0.2) is 21.3 Å². The van der Waals surface area contributed by atoms with E-state index in [0.29, 0.717) is 21.1 Å². The summed E-state index contributed by atoms with van der Waals surface area (Å²) in [5.41, 5.74) is 1.57. The first-order valence-corrected chi connectivity index (χ1v) is 5.09. The first-order valence-electron chi connectivity index (χ1n) is 4.30. The number of nitrogens with one attached hydrogen (secondary N) is 1. The molecule has 0 saturated carbocycles. The first kappa shape index (κ1) is 10.9. The number of amides is 1. The van der Waals surface area contributed by atoms with Gasteiger partial charge in [-0.05, 0) is 33.6 Å². The van der Waals surface area contributed by atoms with Gasteiger partial charge in [-0.2, -0.15) is 4.98 Å². The zero-order valence-corrected chi connectivity index (χ0v) is 9.48. The smallest absolute Gasteiger partial charge is 0.412 e. The van der Waals surface area contributed by atoms with Gasteiger partial charge in [0.1, 0.15) is 5.52 Å². The predicted octanol–water partition coefficient (Wildman–Crippen LogP) is 2.17. The van der Waals surface area contributed by atoms with Crippen LogP contribution in [0, 0.1) is 0 Å². The van der Waals surface area contributed by atoms with Gasteiger partial charge in [0.05, 0.1) is 11.1 Å². The lowest BCUT2D eigenvalue weighted by molar-refractivity contribution is 0.209. The summed E-state index contributed by atoms with van der Waals surface area (Å²) in [7, 11) is 0. The van der Waals surface area contributed by atoms with E-state index < -0.39 is 6.09 Å². The zero-order chi connectivity index (χ0) is 11.7. The molecule has 2 aromatic rings. The summed E-state index contributed by atoms with van der Waals surface area (Å²) in [6.07, 6.45) is -1.25. The van der Waals surface area contributed by atoms with E-state index in [4.69, 9.17) is 14.6 Å². The Bertz CT molecular complexity index is 552. The van der Waals surface area contributed by atoms with Gasteiger partial charge in [-0.1, -0.05) is 0 Å². The average molecular weight is 287 g/mol. The summed E-state index contributed by atoms with van der Waals surface area (Å²) < 4.78 is 5.79. The lowest BCUT2D eigenvalue weighted by Gasteiger charge is -1.96. The van der Waals surface area contributed by atoms with E-state index in [1.165, 1.54) is 0 Å². The van der Waals surface area contributed by atoms with Gasteiger partial charge in [-0.25, -0.2) is 10.1 Å². The zero-order valence-electron chi connectivity index (χ0n) is 7.90. The Hall–Kier alpha value is -1.60. The van der Waals surface area contributed by atoms with Crippen molar-refractivity contribution in [3.8, 4) is 0 Å². The quantitative estimate of drug-likeness (QED) is 0.786. The lowest BCUT2D eigenvalue weighted by atomic mass is 10.2. The van der Waals surface area contributed by atoms with Gasteiger partial charge in [-0.3, -0.25) is 0 Å². The highest BCUT2D eigenvalue weighted by Gasteiger charge is 2.11. The van der Waals surface area contributed by atoms with Crippen LogP contribution < -0.4 is 5.32 Å². The molecule has 16 heavy (non-hydrogen) atoms. The van der Waals surface area contributed by atoms with Crippen LogP contribution in [0.2, 0.25) is 0 Å². The predicted molar refractivity (Wildman–Crippen MR) is 59.3 cm³/mol. The largest absolute Gasteiger partial charge is 0.465 e. The molecule has 0 aliphatic heterocycles. The second-order valence-electron chi connectivity index (χ2n) is 3.03. The van der Waals surface area contributed by atoms with Crippen molar-refractivity contribution in [3.63, 3.8) is 0 Å². The Labute approximate surface area is 98.0 Å². The van der Waals surface area contributed by atoms with Crippen LogP contribution in [-0.2, 0) is 6.61 Å². The van der Waals surface area contributed by atoms with Gasteiger partial charge in [-0.15, -0.1) is 0 Å². The number of fused-ring (bicyclic) bond motifs is 1. The first-order chi connectivity index (χ1) is 7.60. The topological polar surface area (TPSA) is 95.6 Å². The van der Waals surface area contributed by atoms with Crippen LogP contribution in [0.1, 0.15) is 5.56 Å². The highest BCUT2D eigenvalue weighted by Crippen LogP contribution is 2.28. The Kier molecular flexibility index (Phi) is 2.80. The van der Waals surface area contributed by atoms with Crippen LogP contribution in [0.4, 0.5) is 10.8 Å². The SMILES string of the molecule is O=C(O)Nc1nc2cc(CO)cc(Br)c2o1. The molecule has 3 N–H and O–H groups in total. The maximum atomic E-state index is 10.4. The highest BCUT2D eigenvalue weighted by atomic mass is 79.9. The molecule has 1 heterocycles. The second kappa shape index (κ2) is 4.11. The number of nitrogens with zero attached hydrogens (tertiary/aromatic N) is 1. The summed E-state index contributed by atoms with van der Waals surface area (Å²) in [4.78, 5) is 14.3. The summed E-state index contributed by atoms with van der Waals surface area (Å²) in [6, 6.07) is 3.20. The summed E-state index contributed by atoms with van der Waals surface area (Å²) in [5.74, 6) is 0. The number of aliphatic hydroxyl groups is 1. The fourth-order valence-corrected chi connectivity index (χ4v) is 1.86. The molecule has 0 unspecified atom stereocenters. The molecule has 1 amide bonds. The number of anilines is 1. The third-order valence-corrected chi connectivity index (χ3v) is 2.49. The Morgan fingerprint density at radius 3 is 2.94 bits per heavy atom. The number of oxazole rings is 1. The van der Waals surface area contributed by atoms with E-state index >= 15 is 0 Å². The molecule has 1 aromatic carbocycles. The Balaban J connectivity index is 2.52. The van der Waals surface area contributed by atoms with Crippen molar-refractivity contribution in [2.45, 2.75) is 6.61 Å². The molecule has 0 bridgehead atoms. The molecule has 2 rings (SSSR count). The molecule has 6 nitrogen and oxygen atoms in total. The van der Waals surface area contributed by atoms with Crippen molar-refractivity contribution >= 4 is 39.1 Å². The van der Waals surface area contributed by atoms with Gasteiger partial charge in [0, 0.05) is 0 Å². The maximum absolute atomic E-state index is 10.4. The monoisotopic (exact) mass is 286 g/mol. The summed E-state index contributed by atoms with van der Waals surface area (Å²) in [6.45, 7) is -0.122. The van der Waals surface area contributed by atoms with Gasteiger partial charge >= 0.3 is 12.1 Å². The van der Waals surface area contributed by atoms with E-state index in [2.05, 4.69) is 20.9 Å². The second-order valence-corrected chi connectivity index (χ2v) is 3.89. The number of benzene rings is 1. The summed E-state index contributed by atoms with van der Waals surface area (Å²) in [5, 5.41) is 19.5. The van der Waals surface area contributed by atoms with Gasteiger partial charge in [0.25, 0.3) is 0 Å². The van der Waals surface area contributed by atoms with Crippen LogP contribution >= 0.6 is 15.9 Å². The third-order valence-electron chi connectivity index (χ3n) is 1.90. The number of carboxylic acid groups (broad SMARTS) is 1. The fourth-order valence-electron chi connectivity index (χ4n) is 1.28. The molecule has 0 spiro atoms. The molecule has 0 aliphatic rings. The van der Waals surface area contributed by atoms with Crippen LogP contribution in [0.25, 0.3) is 11.1 Å². The Morgan fingerprint density at radius 1 is 1.56 bits per heavy atom. The number of halogens is 1. The van der Waals surface area contributed by atoms with Crippen molar-refractivity contribution in [3.05, 3.63) is 22.2 Å². The van der Waals surface area contributed by atoms with Crippen molar-refractivity contribution in [1.29, 1.82) is 0 Å². The number of aromatic nitrogens is 1. The third kappa shape index (κ3) is 2.00. The van der Waals surface area contributed by atoms with Crippen LogP contribution in [0.15, 0.2) is 21.0 Å². The van der Waals surface area contributed by atoms with Gasteiger partial charge in [0.2, 0.25) is 0 Å². The molecule has 84 valence electrons. The minimum absolute atomic E-state index is 0.0988. The minimum Gasteiger partial charge on any atom is -0.465 e. The van der Waals surface area contributed by atoms with Crippen LogP contribution in [0.5, 0.6) is 0 Å². The highest BCUT2D eigenvalue weighted by molar-refractivity contribution is 9.10. The lowest BCUT2D eigenvalue weighted by Crippen LogP contribution is -2.06. The molecular weight excluding hydrogens is 280 g/mol. The van der Waals surface area contributed by atoms with Crippen molar-refractivity contribution in [1.82, 2.24) is 4.98 Å². The number of carbonyl (C=O) groups is 1. The van der Waals surface area contributed by atoms with E-state index in [9.17, 15) is 4.79 Å². The average Bonchev–Trinajstić information content (AvgIpc) is 2.59. The fraction of sp³-hybridized carbons (Fsp3) is 0.111. The van der Waals surface area contributed by atoms with Crippen LogP contribution in [0.3, 0.4) is 0 Å². The number of hydrogen-bond acceptors (Lipinski definition) is 4. The molecule has 0 aliphatic carbocycles. The van der Waals surface area contributed by atoms with Crippen molar-refractivity contribution in [2.24, 2.45) is 0 Å². The molecule has 1 aromatic heterocycles. The molecule has 7 heteroatoms. The van der Waals surface area contributed by atoms with Crippen molar-refractivity contribution in [2.75, 3.05) is 5.32 Å². The standard InChI is InChI=1S/C9H7BrN2O4/c10-5-1-4(3-13)2-6-7(5)16-8(11-6)12-9(14)15/h1-2,13H,3H2,(H,11,12)(H,14,15). The van der Waals surface area contributed by atoms with Crippen molar-refractivity contribution < 1.29 is 19.4 Å². The van der Waals surface area contributed by atoms with Gasteiger partial charge < -0.3 is 14.6 Å².